The lowest BCUT2D eigenvalue weighted by Gasteiger charge is -2.08. The Hall–Kier alpha value is -2.83. The van der Waals surface area contributed by atoms with Gasteiger partial charge in [0, 0.05) is 41.6 Å². The molecule has 0 aliphatic rings. The molecule has 0 saturated carbocycles. The largest absolute Gasteiger partial charge is 0.394 e. The number of nitrogens with one attached hydrogen (secondary N) is 1. The summed E-state index contributed by atoms with van der Waals surface area (Å²) < 4.78 is 3.77. The lowest BCUT2D eigenvalue weighted by Crippen LogP contribution is -2.19. The van der Waals surface area contributed by atoms with Gasteiger partial charge in [-0.05, 0) is 36.2 Å². The van der Waals surface area contributed by atoms with Crippen molar-refractivity contribution in [3.05, 3.63) is 60.1 Å². The maximum absolute atomic E-state index is 9.30. The predicted octanol–water partition coefficient (Wildman–Crippen LogP) is 3.85. The van der Waals surface area contributed by atoms with E-state index < -0.39 is 0 Å². The van der Waals surface area contributed by atoms with Crippen LogP contribution < -0.4 is 5.32 Å². The molecule has 1 aromatic carbocycles. The van der Waals surface area contributed by atoms with E-state index in [4.69, 9.17) is 16.6 Å². The Labute approximate surface area is 162 Å². The van der Waals surface area contributed by atoms with Gasteiger partial charge in [-0.3, -0.25) is 4.68 Å². The molecular formula is C20H20ClN5O. The van der Waals surface area contributed by atoms with Crippen LogP contribution in [0.2, 0.25) is 5.02 Å². The van der Waals surface area contributed by atoms with Crippen molar-refractivity contribution in [1.29, 1.82) is 0 Å². The van der Waals surface area contributed by atoms with Crippen LogP contribution >= 0.6 is 11.6 Å². The van der Waals surface area contributed by atoms with Gasteiger partial charge in [0.25, 0.3) is 0 Å². The van der Waals surface area contributed by atoms with Crippen LogP contribution in [0.1, 0.15) is 6.92 Å². The first-order chi connectivity index (χ1) is 13.0. The highest BCUT2D eigenvalue weighted by Crippen LogP contribution is 2.31. The van der Waals surface area contributed by atoms with Crippen LogP contribution in [0.25, 0.3) is 27.9 Å². The van der Waals surface area contributed by atoms with Crippen molar-refractivity contribution in [3.63, 3.8) is 0 Å². The molecule has 3 aromatic heterocycles. The topological polar surface area (TPSA) is 67.4 Å². The highest BCUT2D eigenvalue weighted by Gasteiger charge is 2.14. The Morgan fingerprint density at radius 2 is 1.89 bits per heavy atom. The van der Waals surface area contributed by atoms with E-state index in [0.717, 1.165) is 33.7 Å². The number of anilines is 1. The lowest BCUT2D eigenvalue weighted by atomic mass is 10.0. The third kappa shape index (κ3) is 3.54. The molecule has 1 atom stereocenters. The van der Waals surface area contributed by atoms with Crippen molar-refractivity contribution in [2.75, 3.05) is 11.9 Å². The van der Waals surface area contributed by atoms with Crippen molar-refractivity contribution in [2.24, 2.45) is 7.05 Å². The normalized spacial score (nSPS) is 12.4. The molecule has 0 saturated heterocycles. The number of rotatable bonds is 5. The van der Waals surface area contributed by atoms with Crippen LogP contribution in [0.5, 0.6) is 0 Å². The summed E-state index contributed by atoms with van der Waals surface area (Å²) in [6.45, 7) is 1.95. The molecule has 0 unspecified atom stereocenters. The molecule has 138 valence electrons. The summed E-state index contributed by atoms with van der Waals surface area (Å²) in [5.74, 6) is 0.718. The number of nitrogens with zero attached hydrogens (tertiary/aromatic N) is 4. The van der Waals surface area contributed by atoms with Crippen molar-refractivity contribution in [3.8, 4) is 22.3 Å². The molecule has 0 aliphatic heterocycles. The number of benzene rings is 1. The average molecular weight is 382 g/mol. The van der Waals surface area contributed by atoms with Gasteiger partial charge in [0.15, 0.2) is 0 Å². The second-order valence-electron chi connectivity index (χ2n) is 6.64. The number of aliphatic hydroxyl groups excluding tert-OH is 1. The minimum atomic E-state index is -0.0764. The smallest absolute Gasteiger partial charge is 0.147 e. The van der Waals surface area contributed by atoms with Crippen LogP contribution in [0.4, 0.5) is 5.82 Å². The third-order valence-electron chi connectivity index (χ3n) is 4.41. The molecule has 0 amide bonds. The van der Waals surface area contributed by atoms with E-state index >= 15 is 0 Å². The van der Waals surface area contributed by atoms with Gasteiger partial charge in [-0.1, -0.05) is 23.7 Å². The monoisotopic (exact) mass is 381 g/mol. The summed E-state index contributed by atoms with van der Waals surface area (Å²) in [6.07, 6.45) is 7.78. The highest BCUT2D eigenvalue weighted by molar-refractivity contribution is 6.30. The second kappa shape index (κ2) is 7.06. The Morgan fingerprint density at radius 1 is 1.11 bits per heavy atom. The Bertz CT molecular complexity index is 1080. The van der Waals surface area contributed by atoms with Crippen LogP contribution in [0, 0.1) is 0 Å². The fourth-order valence-electron chi connectivity index (χ4n) is 3.04. The first kappa shape index (κ1) is 17.6. The molecule has 6 nitrogen and oxygen atoms in total. The average Bonchev–Trinajstić information content (AvgIpc) is 3.27. The molecule has 7 heteroatoms. The number of pyridine rings is 1. The highest BCUT2D eigenvalue weighted by atomic mass is 35.5. The minimum Gasteiger partial charge on any atom is -0.394 e. The zero-order valence-corrected chi connectivity index (χ0v) is 15.9. The minimum absolute atomic E-state index is 0.0410. The quantitative estimate of drug-likeness (QED) is 0.551. The van der Waals surface area contributed by atoms with Gasteiger partial charge in [0.05, 0.1) is 19.0 Å². The summed E-state index contributed by atoms with van der Waals surface area (Å²) in [7, 11) is 1.89. The van der Waals surface area contributed by atoms with E-state index in [1.54, 1.807) is 4.68 Å². The van der Waals surface area contributed by atoms with Crippen LogP contribution in [0.15, 0.2) is 55.1 Å². The van der Waals surface area contributed by atoms with Gasteiger partial charge in [0.2, 0.25) is 0 Å². The van der Waals surface area contributed by atoms with E-state index in [2.05, 4.69) is 16.5 Å². The fourth-order valence-corrected chi connectivity index (χ4v) is 3.17. The Kier molecular flexibility index (Phi) is 4.59. The van der Waals surface area contributed by atoms with E-state index in [-0.39, 0.29) is 12.6 Å². The molecule has 3 heterocycles. The molecule has 4 aromatic rings. The zero-order valence-electron chi connectivity index (χ0n) is 15.1. The maximum Gasteiger partial charge on any atom is 0.147 e. The standard InChI is InChI=1S/C20H20ClN5O/c1-13(12-27)23-19-11-26-10-15(14-3-5-17(21)6-4-14)7-18(20(26)24-19)16-8-22-25(2)9-16/h3-11,13,23,27H,12H2,1-2H3/t13-/m0/s1. The molecular weight excluding hydrogens is 362 g/mol. The first-order valence-electron chi connectivity index (χ1n) is 8.68. The number of aromatic nitrogens is 4. The summed E-state index contributed by atoms with van der Waals surface area (Å²) >= 11 is 6.03. The van der Waals surface area contributed by atoms with Gasteiger partial charge < -0.3 is 14.8 Å². The second-order valence-corrected chi connectivity index (χ2v) is 7.07. The van der Waals surface area contributed by atoms with Gasteiger partial charge in [-0.2, -0.15) is 5.10 Å². The van der Waals surface area contributed by atoms with Gasteiger partial charge in [-0.15, -0.1) is 0 Å². The number of imidazole rings is 1. The van der Waals surface area contributed by atoms with E-state index in [0.29, 0.717) is 5.02 Å². The molecule has 0 spiro atoms. The van der Waals surface area contributed by atoms with E-state index in [1.165, 1.54) is 0 Å². The molecule has 0 aliphatic carbocycles. The number of aliphatic hydroxyl groups is 1. The summed E-state index contributed by atoms with van der Waals surface area (Å²) in [4.78, 5) is 4.72. The number of aryl methyl sites for hydroxylation is 1. The molecule has 0 bridgehead atoms. The Balaban J connectivity index is 1.89. The Morgan fingerprint density at radius 3 is 2.56 bits per heavy atom. The number of hydrogen-bond donors (Lipinski definition) is 2. The van der Waals surface area contributed by atoms with Crippen molar-refractivity contribution in [2.45, 2.75) is 13.0 Å². The van der Waals surface area contributed by atoms with Crippen LogP contribution in [0.3, 0.4) is 0 Å². The van der Waals surface area contributed by atoms with Crippen molar-refractivity contribution >= 4 is 23.1 Å². The van der Waals surface area contributed by atoms with Gasteiger partial charge in [0.1, 0.15) is 11.5 Å². The number of hydrogen-bond acceptors (Lipinski definition) is 4. The summed E-state index contributed by atoms with van der Waals surface area (Å²) in [5, 5.41) is 17.5. The van der Waals surface area contributed by atoms with Crippen LogP contribution in [-0.2, 0) is 7.05 Å². The van der Waals surface area contributed by atoms with Crippen molar-refractivity contribution in [1.82, 2.24) is 19.2 Å². The zero-order chi connectivity index (χ0) is 19.0. The SMILES string of the molecule is C[C@@H](CO)Nc1cn2cc(-c3ccc(Cl)cc3)cc(-c3cnn(C)c3)c2n1. The fraction of sp³-hybridized carbons (Fsp3) is 0.200. The molecule has 27 heavy (non-hydrogen) atoms. The van der Waals surface area contributed by atoms with Gasteiger partial charge >= 0.3 is 0 Å². The molecule has 4 rings (SSSR count). The molecule has 2 N–H and O–H groups in total. The molecule has 0 radical (unpaired) electrons. The predicted molar refractivity (Wildman–Crippen MR) is 108 cm³/mol. The maximum atomic E-state index is 9.30. The molecule has 0 fully saturated rings. The summed E-state index contributed by atoms with van der Waals surface area (Å²) in [5.41, 5.74) is 4.93. The van der Waals surface area contributed by atoms with Crippen molar-refractivity contribution < 1.29 is 5.11 Å². The van der Waals surface area contributed by atoms with E-state index in [9.17, 15) is 5.11 Å². The summed E-state index contributed by atoms with van der Waals surface area (Å²) in [6, 6.07) is 9.80. The number of fused-ring (bicyclic) bond motifs is 1. The van der Waals surface area contributed by atoms with Gasteiger partial charge in [-0.25, -0.2) is 4.98 Å². The van der Waals surface area contributed by atoms with Crippen LogP contribution in [-0.4, -0.2) is 36.9 Å². The third-order valence-corrected chi connectivity index (χ3v) is 4.66. The van der Waals surface area contributed by atoms with E-state index in [1.807, 2.05) is 67.4 Å². The number of halogens is 1. The first-order valence-corrected chi connectivity index (χ1v) is 9.06. The lowest BCUT2D eigenvalue weighted by molar-refractivity contribution is 0.281.